The van der Waals surface area contributed by atoms with Gasteiger partial charge in [-0.15, -0.1) is 0 Å². The summed E-state index contributed by atoms with van der Waals surface area (Å²) in [5.41, 5.74) is 0.731. The fourth-order valence-corrected chi connectivity index (χ4v) is 3.88. The van der Waals surface area contributed by atoms with E-state index in [0.29, 0.717) is 16.8 Å². The predicted molar refractivity (Wildman–Crippen MR) is 100 cm³/mol. The second kappa shape index (κ2) is 8.34. The molecule has 0 saturated heterocycles. The smallest absolute Gasteiger partial charge is 0.304 e. The fourth-order valence-electron chi connectivity index (χ4n) is 3.88. The number of carboxylic acids is 1. The highest BCUT2D eigenvalue weighted by molar-refractivity contribution is 6.01. The number of amides is 2. The van der Waals surface area contributed by atoms with Crippen LogP contribution in [0.1, 0.15) is 61.4 Å². The number of aliphatic carboxylic acids is 1. The average molecular weight is 360 g/mol. The minimum absolute atomic E-state index is 0.0507. The van der Waals surface area contributed by atoms with Crippen LogP contribution in [0.3, 0.4) is 0 Å². The van der Waals surface area contributed by atoms with Crippen molar-refractivity contribution in [3.05, 3.63) is 29.3 Å². The van der Waals surface area contributed by atoms with Gasteiger partial charge in [0.05, 0.1) is 11.8 Å². The molecule has 1 saturated carbocycles. The Kier molecular flexibility index (Phi) is 6.40. The lowest BCUT2D eigenvalue weighted by Crippen LogP contribution is -2.42. The molecule has 1 fully saturated rings. The number of anilines is 1. The fraction of sp³-hybridized carbons (Fsp3) is 0.550. The molecule has 0 unspecified atom stereocenters. The Morgan fingerprint density at radius 2 is 1.85 bits per heavy atom. The molecular weight excluding hydrogens is 332 g/mol. The van der Waals surface area contributed by atoms with Crippen molar-refractivity contribution in [1.82, 2.24) is 5.32 Å². The molecule has 1 atom stereocenters. The van der Waals surface area contributed by atoms with Crippen LogP contribution >= 0.6 is 0 Å². The van der Waals surface area contributed by atoms with Gasteiger partial charge in [-0.3, -0.25) is 14.4 Å². The van der Waals surface area contributed by atoms with Gasteiger partial charge in [-0.1, -0.05) is 25.3 Å². The molecule has 0 bridgehead atoms. The van der Waals surface area contributed by atoms with Gasteiger partial charge in [0.25, 0.3) is 5.91 Å². The lowest BCUT2D eigenvalue weighted by Gasteiger charge is -2.37. The molecule has 1 aliphatic rings. The van der Waals surface area contributed by atoms with Crippen LogP contribution in [0, 0.1) is 18.3 Å². The van der Waals surface area contributed by atoms with Crippen molar-refractivity contribution >= 4 is 23.5 Å². The maximum absolute atomic E-state index is 13.1. The number of benzene rings is 1. The van der Waals surface area contributed by atoms with E-state index in [0.717, 1.165) is 32.1 Å². The first kappa shape index (κ1) is 19.9. The van der Waals surface area contributed by atoms with Crippen molar-refractivity contribution < 1.29 is 19.5 Å². The Bertz CT molecular complexity index is 695. The highest BCUT2D eigenvalue weighted by atomic mass is 16.4. The maximum atomic E-state index is 13.1. The summed E-state index contributed by atoms with van der Waals surface area (Å²) in [7, 11) is 1.56. The molecule has 142 valence electrons. The van der Waals surface area contributed by atoms with E-state index in [4.69, 9.17) is 0 Å². The summed E-state index contributed by atoms with van der Waals surface area (Å²) in [5.74, 6) is -1.43. The summed E-state index contributed by atoms with van der Waals surface area (Å²) >= 11 is 0. The molecule has 2 amide bonds. The average Bonchev–Trinajstić information content (AvgIpc) is 2.62. The van der Waals surface area contributed by atoms with Crippen LogP contribution in [0.4, 0.5) is 5.69 Å². The Hall–Kier alpha value is -2.37. The van der Waals surface area contributed by atoms with Gasteiger partial charge >= 0.3 is 5.97 Å². The molecule has 1 aromatic rings. The summed E-state index contributed by atoms with van der Waals surface area (Å²) in [4.78, 5) is 36.5. The first-order chi connectivity index (χ1) is 12.3. The van der Waals surface area contributed by atoms with Gasteiger partial charge in [0, 0.05) is 18.3 Å². The third-order valence-corrected chi connectivity index (χ3v) is 5.60. The summed E-state index contributed by atoms with van der Waals surface area (Å²) in [5, 5.41) is 14.8. The van der Waals surface area contributed by atoms with Crippen molar-refractivity contribution in [2.24, 2.45) is 11.3 Å². The standard InChI is InChI=1S/C20H28N2O4/c1-13-15(18(25)21-3)10-7-11-16(13)22-19(26)20(2,12-17(23)24)14-8-5-4-6-9-14/h7,10-11,14H,4-6,8-9,12H2,1-3H3,(H,21,25)(H,22,26)(H,23,24)/t20-/m1/s1. The summed E-state index contributed by atoms with van der Waals surface area (Å²) in [6, 6.07) is 5.14. The highest BCUT2D eigenvalue weighted by Gasteiger charge is 2.43. The Balaban J connectivity index is 2.29. The van der Waals surface area contributed by atoms with Gasteiger partial charge < -0.3 is 15.7 Å². The number of nitrogens with one attached hydrogen (secondary N) is 2. The monoisotopic (exact) mass is 360 g/mol. The molecule has 1 aromatic carbocycles. The van der Waals surface area contributed by atoms with E-state index in [1.54, 1.807) is 39.1 Å². The third-order valence-electron chi connectivity index (χ3n) is 5.60. The second-order valence-electron chi connectivity index (χ2n) is 7.33. The number of hydrogen-bond acceptors (Lipinski definition) is 3. The van der Waals surface area contributed by atoms with Crippen molar-refractivity contribution in [3.8, 4) is 0 Å². The van der Waals surface area contributed by atoms with Crippen LogP contribution in [-0.2, 0) is 9.59 Å². The normalized spacial score (nSPS) is 17.2. The summed E-state index contributed by atoms with van der Waals surface area (Å²) in [6.07, 6.45) is 4.73. The van der Waals surface area contributed by atoms with E-state index in [-0.39, 0.29) is 24.2 Å². The van der Waals surface area contributed by atoms with Crippen LogP contribution in [0.25, 0.3) is 0 Å². The van der Waals surface area contributed by atoms with Gasteiger partial charge in [-0.2, -0.15) is 0 Å². The van der Waals surface area contributed by atoms with Crippen LogP contribution < -0.4 is 10.6 Å². The lowest BCUT2D eigenvalue weighted by atomic mass is 9.67. The van der Waals surface area contributed by atoms with E-state index >= 15 is 0 Å². The van der Waals surface area contributed by atoms with Crippen LogP contribution in [0.2, 0.25) is 0 Å². The molecule has 6 heteroatoms. The Labute approximate surface area is 154 Å². The lowest BCUT2D eigenvalue weighted by molar-refractivity contribution is -0.145. The zero-order valence-corrected chi connectivity index (χ0v) is 15.7. The quantitative estimate of drug-likeness (QED) is 0.725. The number of carboxylic acid groups (broad SMARTS) is 1. The molecule has 0 aromatic heterocycles. The first-order valence-corrected chi connectivity index (χ1v) is 9.14. The molecule has 1 aliphatic carbocycles. The van der Waals surface area contributed by atoms with Gasteiger partial charge in [-0.05, 0) is 50.3 Å². The van der Waals surface area contributed by atoms with E-state index in [1.165, 1.54) is 0 Å². The van der Waals surface area contributed by atoms with Gasteiger partial charge in [-0.25, -0.2) is 0 Å². The highest BCUT2D eigenvalue weighted by Crippen LogP contribution is 2.42. The van der Waals surface area contributed by atoms with Crippen molar-refractivity contribution in [1.29, 1.82) is 0 Å². The molecule has 3 N–H and O–H groups in total. The van der Waals surface area contributed by atoms with Gasteiger partial charge in [0.2, 0.25) is 5.91 Å². The number of carbonyl (C=O) groups excluding carboxylic acids is 2. The number of rotatable bonds is 6. The number of carbonyl (C=O) groups is 3. The van der Waals surface area contributed by atoms with Crippen molar-refractivity contribution in [2.45, 2.75) is 52.4 Å². The van der Waals surface area contributed by atoms with Gasteiger partial charge in [0.15, 0.2) is 0 Å². The maximum Gasteiger partial charge on any atom is 0.304 e. The van der Waals surface area contributed by atoms with Crippen molar-refractivity contribution in [2.75, 3.05) is 12.4 Å². The molecule has 26 heavy (non-hydrogen) atoms. The van der Waals surface area contributed by atoms with Crippen LogP contribution in [0.15, 0.2) is 18.2 Å². The molecule has 0 spiro atoms. The molecule has 6 nitrogen and oxygen atoms in total. The van der Waals surface area contributed by atoms with E-state index < -0.39 is 11.4 Å². The molecule has 2 rings (SSSR count). The summed E-state index contributed by atoms with van der Waals surface area (Å²) in [6.45, 7) is 3.53. The Morgan fingerprint density at radius 1 is 1.19 bits per heavy atom. The largest absolute Gasteiger partial charge is 0.481 e. The zero-order valence-electron chi connectivity index (χ0n) is 15.7. The van der Waals surface area contributed by atoms with Crippen LogP contribution in [0.5, 0.6) is 0 Å². The minimum atomic E-state index is -0.971. The SMILES string of the molecule is CNC(=O)c1cccc(NC(=O)[C@](C)(CC(=O)O)C2CCCCC2)c1C. The topological polar surface area (TPSA) is 95.5 Å². The minimum Gasteiger partial charge on any atom is -0.481 e. The van der Waals surface area contributed by atoms with Crippen LogP contribution in [-0.4, -0.2) is 29.9 Å². The van der Waals surface area contributed by atoms with Crippen molar-refractivity contribution in [3.63, 3.8) is 0 Å². The first-order valence-electron chi connectivity index (χ1n) is 9.14. The summed E-state index contributed by atoms with van der Waals surface area (Å²) < 4.78 is 0. The second-order valence-corrected chi connectivity index (χ2v) is 7.33. The predicted octanol–water partition coefficient (Wildman–Crippen LogP) is 3.35. The molecular formula is C20H28N2O4. The van der Waals surface area contributed by atoms with Gasteiger partial charge in [0.1, 0.15) is 0 Å². The molecule has 0 aliphatic heterocycles. The molecule has 0 radical (unpaired) electrons. The third kappa shape index (κ3) is 4.23. The van der Waals surface area contributed by atoms with E-state index in [1.807, 2.05) is 0 Å². The Morgan fingerprint density at radius 3 is 2.42 bits per heavy atom. The van der Waals surface area contributed by atoms with E-state index in [2.05, 4.69) is 10.6 Å². The zero-order chi connectivity index (χ0) is 19.3. The number of hydrogen-bond donors (Lipinski definition) is 3. The molecule has 0 heterocycles. The van der Waals surface area contributed by atoms with E-state index in [9.17, 15) is 19.5 Å².